The summed E-state index contributed by atoms with van der Waals surface area (Å²) in [5, 5.41) is 10.3. The van der Waals surface area contributed by atoms with Gasteiger partial charge in [0, 0.05) is 6.61 Å². The normalized spacial score (nSPS) is 25.5. The number of hydrogen-bond donors (Lipinski definition) is 1. The maximum absolute atomic E-state index is 10.1. The lowest BCUT2D eigenvalue weighted by Gasteiger charge is -2.43. The molecule has 5 nitrogen and oxygen atoms in total. The van der Waals surface area contributed by atoms with Crippen LogP contribution in [0.5, 0.6) is 0 Å². The van der Waals surface area contributed by atoms with Crippen molar-refractivity contribution in [1.29, 1.82) is 0 Å². The molecule has 32 heavy (non-hydrogen) atoms. The van der Waals surface area contributed by atoms with E-state index in [2.05, 4.69) is 74.7 Å². The molecule has 0 aromatic heterocycles. The van der Waals surface area contributed by atoms with Gasteiger partial charge in [-0.15, -0.1) is 0 Å². The van der Waals surface area contributed by atoms with Gasteiger partial charge in [0.15, 0.2) is 22.9 Å². The fraction of sp³-hybridized carbons (Fsp3) is 1.00. The summed E-state index contributed by atoms with van der Waals surface area (Å²) in [5.41, 5.74) is 0. The Morgan fingerprint density at radius 2 is 1.22 bits per heavy atom. The lowest BCUT2D eigenvalue weighted by molar-refractivity contribution is -0.167. The van der Waals surface area contributed by atoms with E-state index < -0.39 is 29.0 Å². The molecule has 1 heterocycles. The number of aliphatic hydroxyl groups excluding tert-OH is 1. The Labute approximate surface area is 201 Å². The van der Waals surface area contributed by atoms with E-state index in [0.29, 0.717) is 6.61 Å². The highest BCUT2D eigenvalue weighted by molar-refractivity contribution is 6.74. The third-order valence-electron chi connectivity index (χ3n) is 7.70. The summed E-state index contributed by atoms with van der Waals surface area (Å²) >= 11 is 0. The van der Waals surface area contributed by atoms with Crippen molar-refractivity contribution < 1.29 is 23.4 Å². The average Bonchev–Trinajstić information content (AvgIpc) is 2.95. The molecule has 7 heteroatoms. The van der Waals surface area contributed by atoms with Gasteiger partial charge in [0.05, 0.1) is 6.61 Å². The van der Waals surface area contributed by atoms with Crippen molar-refractivity contribution >= 4 is 16.6 Å². The summed E-state index contributed by atoms with van der Waals surface area (Å²) in [6.45, 7) is 25.2. The summed E-state index contributed by atoms with van der Waals surface area (Å²) in [6, 6.07) is 0. The molecule has 1 rings (SSSR count). The SMILES string of the molecule is CCCCCCCCO[C@H]1O[C@H](CO)[C@@H](O[Si](C)(C)C(C)(C)C)[C@@H]1O[Si](C)(C)C(C)(C)C. The molecule has 0 saturated carbocycles. The lowest BCUT2D eigenvalue weighted by Crippen LogP contribution is -2.54. The molecule has 0 aromatic rings. The van der Waals surface area contributed by atoms with Crippen LogP contribution in [0, 0.1) is 0 Å². The minimum Gasteiger partial charge on any atom is -0.408 e. The van der Waals surface area contributed by atoms with Crippen molar-refractivity contribution in [2.75, 3.05) is 13.2 Å². The topological polar surface area (TPSA) is 57.2 Å². The monoisotopic (exact) mass is 490 g/mol. The van der Waals surface area contributed by atoms with Crippen LogP contribution in [0.4, 0.5) is 0 Å². The van der Waals surface area contributed by atoms with E-state index in [9.17, 15) is 5.11 Å². The fourth-order valence-corrected chi connectivity index (χ4v) is 5.96. The quantitative estimate of drug-likeness (QED) is 0.226. The number of aliphatic hydroxyl groups is 1. The first-order valence-electron chi connectivity index (χ1n) is 12.8. The summed E-state index contributed by atoms with van der Waals surface area (Å²) in [6.07, 6.45) is 5.76. The second kappa shape index (κ2) is 12.3. The van der Waals surface area contributed by atoms with Crippen LogP contribution in [-0.2, 0) is 18.3 Å². The van der Waals surface area contributed by atoms with E-state index in [1.807, 2.05) is 0 Å². The predicted octanol–water partition coefficient (Wildman–Crippen LogP) is 6.86. The lowest BCUT2D eigenvalue weighted by atomic mass is 10.1. The minimum absolute atomic E-state index is 0.0615. The zero-order chi connectivity index (χ0) is 24.8. The van der Waals surface area contributed by atoms with Gasteiger partial charge >= 0.3 is 0 Å². The van der Waals surface area contributed by atoms with Crippen LogP contribution in [0.1, 0.15) is 87.0 Å². The Morgan fingerprint density at radius 3 is 1.69 bits per heavy atom. The van der Waals surface area contributed by atoms with Crippen molar-refractivity contribution in [1.82, 2.24) is 0 Å². The van der Waals surface area contributed by atoms with E-state index in [1.54, 1.807) is 0 Å². The standard InChI is InChI=1S/C25H54O5Si2/c1-12-13-14-15-16-17-18-27-23-22(30-32(10,11)25(5,6)7)21(20(19-26)28-23)29-31(8,9)24(2,3)4/h20-23,26H,12-19H2,1-11H3/t20-,21-,22+,23+/m1/s1. The summed E-state index contributed by atoms with van der Waals surface area (Å²) in [7, 11) is -4.18. The highest BCUT2D eigenvalue weighted by Crippen LogP contribution is 2.43. The van der Waals surface area contributed by atoms with Crippen molar-refractivity contribution in [3.8, 4) is 0 Å². The predicted molar refractivity (Wildman–Crippen MR) is 139 cm³/mol. The molecule has 0 radical (unpaired) electrons. The van der Waals surface area contributed by atoms with Gasteiger partial charge in [-0.25, -0.2) is 0 Å². The van der Waals surface area contributed by atoms with E-state index in [4.69, 9.17) is 18.3 Å². The van der Waals surface area contributed by atoms with Gasteiger partial charge < -0.3 is 23.4 Å². The Bertz CT molecular complexity index is 539. The van der Waals surface area contributed by atoms with Crippen molar-refractivity contribution in [3.05, 3.63) is 0 Å². The Hall–Kier alpha value is 0.234. The first-order chi connectivity index (χ1) is 14.6. The summed E-state index contributed by atoms with van der Waals surface area (Å²) in [5.74, 6) is 0. The highest BCUT2D eigenvalue weighted by Gasteiger charge is 2.53. The molecule has 4 atom stereocenters. The van der Waals surface area contributed by atoms with Crippen LogP contribution in [0.25, 0.3) is 0 Å². The maximum Gasteiger partial charge on any atom is 0.192 e. The van der Waals surface area contributed by atoms with Gasteiger partial charge in [-0.2, -0.15) is 0 Å². The number of rotatable bonds is 13. The third kappa shape index (κ3) is 8.47. The molecule has 0 amide bonds. The van der Waals surface area contributed by atoms with E-state index in [-0.39, 0.29) is 28.9 Å². The van der Waals surface area contributed by atoms with Crippen molar-refractivity contribution in [2.24, 2.45) is 0 Å². The van der Waals surface area contributed by atoms with Crippen molar-refractivity contribution in [3.63, 3.8) is 0 Å². The van der Waals surface area contributed by atoms with Crippen molar-refractivity contribution in [2.45, 2.75) is 148 Å². The van der Waals surface area contributed by atoms with Gasteiger partial charge in [-0.05, 0) is 42.7 Å². The van der Waals surface area contributed by atoms with Crippen LogP contribution < -0.4 is 0 Å². The molecule has 0 bridgehead atoms. The zero-order valence-electron chi connectivity index (χ0n) is 23.0. The first-order valence-corrected chi connectivity index (χ1v) is 18.6. The van der Waals surface area contributed by atoms with Crippen LogP contribution in [0.2, 0.25) is 36.3 Å². The smallest absolute Gasteiger partial charge is 0.192 e. The van der Waals surface area contributed by atoms with Gasteiger partial charge in [-0.1, -0.05) is 80.6 Å². The fourth-order valence-electron chi connectivity index (χ4n) is 3.36. The summed E-state index contributed by atoms with van der Waals surface area (Å²) in [4.78, 5) is 0. The number of ether oxygens (including phenoxy) is 2. The molecule has 1 fully saturated rings. The molecule has 0 spiro atoms. The van der Waals surface area contributed by atoms with E-state index in [0.717, 1.165) is 6.42 Å². The molecule has 1 aliphatic heterocycles. The maximum atomic E-state index is 10.1. The molecule has 1 aliphatic rings. The Kier molecular flexibility index (Phi) is 11.6. The van der Waals surface area contributed by atoms with Gasteiger partial charge in [0.1, 0.15) is 18.3 Å². The molecule has 1 N–H and O–H groups in total. The number of unbranched alkanes of at least 4 members (excludes halogenated alkanes) is 5. The highest BCUT2D eigenvalue weighted by atomic mass is 28.4. The number of hydrogen-bond acceptors (Lipinski definition) is 5. The van der Waals surface area contributed by atoms with Gasteiger partial charge in [-0.3, -0.25) is 0 Å². The van der Waals surface area contributed by atoms with E-state index in [1.165, 1.54) is 32.1 Å². The van der Waals surface area contributed by atoms with Crippen LogP contribution in [-0.4, -0.2) is 59.6 Å². The first kappa shape index (κ1) is 30.3. The van der Waals surface area contributed by atoms with Gasteiger partial charge in [0.2, 0.25) is 0 Å². The molecule has 0 aliphatic carbocycles. The minimum atomic E-state index is -2.09. The van der Waals surface area contributed by atoms with E-state index >= 15 is 0 Å². The summed E-state index contributed by atoms with van der Waals surface area (Å²) < 4.78 is 26.1. The largest absolute Gasteiger partial charge is 0.408 e. The molecule has 0 aromatic carbocycles. The van der Waals surface area contributed by atoms with Crippen LogP contribution in [0.15, 0.2) is 0 Å². The second-order valence-electron chi connectivity index (χ2n) is 12.5. The molecule has 0 unspecified atom stereocenters. The third-order valence-corrected chi connectivity index (χ3v) is 16.6. The Morgan fingerprint density at radius 1 is 0.750 bits per heavy atom. The molecular weight excluding hydrogens is 436 g/mol. The second-order valence-corrected chi connectivity index (χ2v) is 22.1. The molecule has 1 saturated heterocycles. The van der Waals surface area contributed by atoms with Crippen LogP contribution >= 0.6 is 0 Å². The Balaban J connectivity index is 2.99. The average molecular weight is 491 g/mol. The van der Waals surface area contributed by atoms with Crippen LogP contribution in [0.3, 0.4) is 0 Å². The zero-order valence-corrected chi connectivity index (χ0v) is 25.0. The van der Waals surface area contributed by atoms with Gasteiger partial charge in [0.25, 0.3) is 0 Å². The molecular formula is C25H54O5Si2. The molecule has 192 valence electrons.